The average molecular weight is 247 g/mol. The lowest BCUT2D eigenvalue weighted by atomic mass is 9.88. The summed E-state index contributed by atoms with van der Waals surface area (Å²) < 4.78 is 11.6. The molecule has 1 saturated heterocycles. The Bertz CT molecular complexity index is 462. The zero-order valence-electron chi connectivity index (χ0n) is 11.4. The van der Waals surface area contributed by atoms with Gasteiger partial charge in [-0.15, -0.1) is 0 Å². The van der Waals surface area contributed by atoms with Crippen molar-refractivity contribution in [2.45, 2.75) is 45.3 Å². The van der Waals surface area contributed by atoms with Gasteiger partial charge >= 0.3 is 0 Å². The highest BCUT2D eigenvalue weighted by atomic mass is 16.7. The molecule has 0 bridgehead atoms. The molecule has 0 amide bonds. The molecular weight excluding hydrogens is 226 g/mol. The maximum Gasteiger partial charge on any atom is 0.246 e. The molecule has 3 heteroatoms. The van der Waals surface area contributed by atoms with Gasteiger partial charge in [0.05, 0.1) is 0 Å². The van der Waals surface area contributed by atoms with Crippen molar-refractivity contribution >= 4 is 0 Å². The Labute approximate surface area is 108 Å². The molecule has 0 aromatic heterocycles. The van der Waals surface area contributed by atoms with Crippen LogP contribution in [0.1, 0.15) is 43.7 Å². The molecule has 2 heterocycles. The summed E-state index contributed by atoms with van der Waals surface area (Å²) >= 11 is 0. The van der Waals surface area contributed by atoms with Gasteiger partial charge in [-0.1, -0.05) is 0 Å². The third-order valence-electron chi connectivity index (χ3n) is 3.78. The molecule has 0 saturated carbocycles. The molecule has 1 aromatic carbocycles. The SMILES string of the molecule is Cc1cc2c(cc1C1CCCNC1)OC(C)(C)O2. The van der Waals surface area contributed by atoms with Crippen molar-refractivity contribution in [2.24, 2.45) is 0 Å². The standard InChI is InChI=1S/C15H21NO2/c1-10-7-13-14(18-15(2,3)17-13)8-12(10)11-5-4-6-16-9-11/h7-8,11,16H,4-6,9H2,1-3H3. The molecule has 0 aliphatic carbocycles. The van der Waals surface area contributed by atoms with Crippen LogP contribution in [0.2, 0.25) is 0 Å². The molecule has 1 unspecified atom stereocenters. The van der Waals surface area contributed by atoms with Crippen LogP contribution >= 0.6 is 0 Å². The first-order valence-corrected chi connectivity index (χ1v) is 6.78. The smallest absolute Gasteiger partial charge is 0.246 e. The molecule has 1 fully saturated rings. The third kappa shape index (κ3) is 2.07. The van der Waals surface area contributed by atoms with E-state index in [1.807, 2.05) is 13.8 Å². The van der Waals surface area contributed by atoms with Gasteiger partial charge < -0.3 is 14.8 Å². The molecule has 1 N–H and O–H groups in total. The maximum atomic E-state index is 5.84. The molecule has 18 heavy (non-hydrogen) atoms. The quantitative estimate of drug-likeness (QED) is 0.827. The lowest BCUT2D eigenvalue weighted by Crippen LogP contribution is -2.29. The number of ether oxygens (including phenoxy) is 2. The van der Waals surface area contributed by atoms with Crippen LogP contribution in [0.5, 0.6) is 11.5 Å². The van der Waals surface area contributed by atoms with Crippen LogP contribution in [0.25, 0.3) is 0 Å². The minimum absolute atomic E-state index is 0.530. The average Bonchev–Trinajstić information content (AvgIpc) is 2.62. The summed E-state index contributed by atoms with van der Waals surface area (Å²) in [6, 6.07) is 4.30. The number of hydrogen-bond acceptors (Lipinski definition) is 3. The summed E-state index contributed by atoms with van der Waals surface area (Å²) in [5, 5.41) is 3.47. The predicted molar refractivity (Wildman–Crippen MR) is 71.4 cm³/mol. The molecule has 1 atom stereocenters. The zero-order chi connectivity index (χ0) is 12.8. The van der Waals surface area contributed by atoms with Gasteiger partial charge in [-0.2, -0.15) is 0 Å². The van der Waals surface area contributed by atoms with Crippen molar-refractivity contribution in [3.8, 4) is 11.5 Å². The number of fused-ring (bicyclic) bond motifs is 1. The Hall–Kier alpha value is -1.22. The van der Waals surface area contributed by atoms with Crippen molar-refractivity contribution in [2.75, 3.05) is 13.1 Å². The van der Waals surface area contributed by atoms with Crippen molar-refractivity contribution in [1.29, 1.82) is 0 Å². The zero-order valence-corrected chi connectivity index (χ0v) is 11.4. The summed E-state index contributed by atoms with van der Waals surface area (Å²) in [7, 11) is 0. The van der Waals surface area contributed by atoms with Gasteiger partial charge in [0.1, 0.15) is 0 Å². The van der Waals surface area contributed by atoms with E-state index in [1.165, 1.54) is 24.0 Å². The van der Waals surface area contributed by atoms with Crippen molar-refractivity contribution in [1.82, 2.24) is 5.32 Å². The van der Waals surface area contributed by atoms with Gasteiger partial charge in [-0.05, 0) is 55.5 Å². The summed E-state index contributed by atoms with van der Waals surface area (Å²) in [6.45, 7) is 8.28. The van der Waals surface area contributed by atoms with E-state index in [0.717, 1.165) is 24.6 Å². The van der Waals surface area contributed by atoms with Crippen LogP contribution in [0.3, 0.4) is 0 Å². The Balaban J connectivity index is 1.93. The fourth-order valence-corrected chi connectivity index (χ4v) is 2.94. The highest BCUT2D eigenvalue weighted by molar-refractivity contribution is 5.50. The van der Waals surface area contributed by atoms with E-state index >= 15 is 0 Å². The molecule has 0 radical (unpaired) electrons. The van der Waals surface area contributed by atoms with Crippen LogP contribution in [0.4, 0.5) is 0 Å². The van der Waals surface area contributed by atoms with Gasteiger partial charge in [0.25, 0.3) is 0 Å². The second-order valence-electron chi connectivity index (χ2n) is 5.80. The predicted octanol–water partition coefficient (Wildman–Crippen LogP) is 2.97. The Kier molecular flexibility index (Phi) is 2.74. The van der Waals surface area contributed by atoms with Crippen molar-refractivity contribution in [3.05, 3.63) is 23.3 Å². The molecule has 2 aliphatic heterocycles. The van der Waals surface area contributed by atoms with Crippen LogP contribution in [0.15, 0.2) is 12.1 Å². The number of rotatable bonds is 1. The minimum Gasteiger partial charge on any atom is -0.449 e. The Morgan fingerprint density at radius 1 is 1.22 bits per heavy atom. The highest BCUT2D eigenvalue weighted by Crippen LogP contribution is 2.43. The van der Waals surface area contributed by atoms with E-state index in [4.69, 9.17) is 9.47 Å². The van der Waals surface area contributed by atoms with Crippen LogP contribution in [-0.4, -0.2) is 18.9 Å². The van der Waals surface area contributed by atoms with Crippen molar-refractivity contribution < 1.29 is 9.47 Å². The molecule has 98 valence electrons. The lowest BCUT2D eigenvalue weighted by Gasteiger charge is -2.24. The van der Waals surface area contributed by atoms with E-state index in [2.05, 4.69) is 24.4 Å². The van der Waals surface area contributed by atoms with E-state index < -0.39 is 5.79 Å². The first-order chi connectivity index (χ1) is 8.55. The third-order valence-corrected chi connectivity index (χ3v) is 3.78. The minimum atomic E-state index is -0.530. The Morgan fingerprint density at radius 3 is 2.61 bits per heavy atom. The molecule has 3 nitrogen and oxygen atoms in total. The molecular formula is C15H21NO2. The molecule has 0 spiro atoms. The van der Waals surface area contributed by atoms with E-state index in [1.54, 1.807) is 0 Å². The van der Waals surface area contributed by atoms with Gasteiger partial charge in [-0.3, -0.25) is 0 Å². The summed E-state index contributed by atoms with van der Waals surface area (Å²) in [6.07, 6.45) is 2.51. The number of hydrogen-bond donors (Lipinski definition) is 1. The second-order valence-corrected chi connectivity index (χ2v) is 5.80. The number of benzene rings is 1. The normalized spacial score (nSPS) is 25.2. The van der Waals surface area contributed by atoms with Gasteiger partial charge in [0.2, 0.25) is 5.79 Å². The summed E-state index contributed by atoms with van der Waals surface area (Å²) in [5.74, 6) is 1.85. The van der Waals surface area contributed by atoms with Crippen LogP contribution in [0, 0.1) is 6.92 Å². The highest BCUT2D eigenvalue weighted by Gasteiger charge is 2.33. The van der Waals surface area contributed by atoms with Crippen molar-refractivity contribution in [3.63, 3.8) is 0 Å². The Morgan fingerprint density at radius 2 is 1.94 bits per heavy atom. The first kappa shape index (κ1) is 11.8. The van der Waals surface area contributed by atoms with Gasteiger partial charge in [0.15, 0.2) is 11.5 Å². The second kappa shape index (κ2) is 4.16. The van der Waals surface area contributed by atoms with Gasteiger partial charge in [-0.25, -0.2) is 0 Å². The first-order valence-electron chi connectivity index (χ1n) is 6.78. The lowest BCUT2D eigenvalue weighted by molar-refractivity contribution is -0.0431. The number of piperidine rings is 1. The molecule has 2 aliphatic rings. The molecule has 1 aromatic rings. The van der Waals surface area contributed by atoms with E-state index in [9.17, 15) is 0 Å². The topological polar surface area (TPSA) is 30.5 Å². The molecule has 3 rings (SSSR count). The van der Waals surface area contributed by atoms with Crippen LogP contribution < -0.4 is 14.8 Å². The fraction of sp³-hybridized carbons (Fsp3) is 0.600. The van der Waals surface area contributed by atoms with Gasteiger partial charge in [0, 0.05) is 20.4 Å². The monoisotopic (exact) mass is 247 g/mol. The number of nitrogens with one attached hydrogen (secondary N) is 1. The summed E-state index contributed by atoms with van der Waals surface area (Å²) in [4.78, 5) is 0. The van der Waals surface area contributed by atoms with E-state index in [0.29, 0.717) is 5.92 Å². The summed E-state index contributed by atoms with van der Waals surface area (Å²) in [5.41, 5.74) is 2.71. The largest absolute Gasteiger partial charge is 0.449 e. The van der Waals surface area contributed by atoms with Crippen LogP contribution in [-0.2, 0) is 0 Å². The number of aryl methyl sites for hydroxylation is 1. The fourth-order valence-electron chi connectivity index (χ4n) is 2.94. The maximum absolute atomic E-state index is 5.84. The van der Waals surface area contributed by atoms with E-state index in [-0.39, 0.29) is 0 Å².